The number of rotatable bonds is 9. The molecule has 0 fully saturated rings. The van der Waals surface area contributed by atoms with Crippen LogP contribution in [0.4, 0.5) is 20.0 Å². The molecule has 0 saturated carbocycles. The van der Waals surface area contributed by atoms with E-state index in [0.717, 1.165) is 16.7 Å². The molecule has 3 heterocycles. The number of anilines is 2. The highest BCUT2D eigenvalue weighted by Gasteiger charge is 2.39. The molecule has 2 aromatic heterocycles. The highest BCUT2D eigenvalue weighted by atomic mass is 32.1. The van der Waals surface area contributed by atoms with Gasteiger partial charge in [0.05, 0.1) is 30.0 Å². The molecule has 1 aliphatic rings. The van der Waals surface area contributed by atoms with Gasteiger partial charge in [-0.3, -0.25) is 10.1 Å². The van der Waals surface area contributed by atoms with Crippen LogP contribution in [0.1, 0.15) is 38.5 Å². The van der Waals surface area contributed by atoms with Crippen molar-refractivity contribution in [1.82, 2.24) is 25.1 Å². The van der Waals surface area contributed by atoms with Crippen molar-refractivity contribution in [2.24, 2.45) is 4.99 Å². The van der Waals surface area contributed by atoms with Crippen LogP contribution >= 0.6 is 11.3 Å². The average Bonchev–Trinajstić information content (AvgIpc) is 3.83. The molecule has 2 N–H and O–H groups in total. The first-order chi connectivity index (χ1) is 26.4. The summed E-state index contributed by atoms with van der Waals surface area (Å²) in [7, 11) is 0. The summed E-state index contributed by atoms with van der Waals surface area (Å²) in [6, 6.07) is 43.4. The minimum Gasteiger partial charge on any atom is -0.319 e. The molecular formula is C42H33FN8O2S. The van der Waals surface area contributed by atoms with Crippen molar-refractivity contribution in [3.63, 3.8) is 0 Å². The summed E-state index contributed by atoms with van der Waals surface area (Å²) in [5.74, 6) is -1.05. The fraction of sp³-hybridized carbons (Fsp3) is 0.0952. The van der Waals surface area contributed by atoms with E-state index < -0.39 is 29.5 Å². The Morgan fingerprint density at radius 1 is 0.778 bits per heavy atom. The highest BCUT2D eigenvalue weighted by molar-refractivity contribution is 7.15. The van der Waals surface area contributed by atoms with Crippen LogP contribution in [0.25, 0.3) is 0 Å². The van der Waals surface area contributed by atoms with Gasteiger partial charge >= 0.3 is 6.03 Å². The van der Waals surface area contributed by atoms with Crippen LogP contribution in [-0.2, 0) is 16.9 Å². The van der Waals surface area contributed by atoms with Crippen molar-refractivity contribution in [1.29, 1.82) is 0 Å². The zero-order valence-electron chi connectivity index (χ0n) is 29.0. The number of carbonyl (C=O) groups excluding carboxylic acids is 2. The Kier molecular flexibility index (Phi) is 9.33. The van der Waals surface area contributed by atoms with Gasteiger partial charge in [-0.1, -0.05) is 133 Å². The Hall–Kier alpha value is -6.79. The Balaban J connectivity index is 1.23. The van der Waals surface area contributed by atoms with Gasteiger partial charge in [0.15, 0.2) is 0 Å². The maximum atomic E-state index is 15.5. The summed E-state index contributed by atoms with van der Waals surface area (Å²) < 4.78 is 17.5. The first kappa shape index (κ1) is 34.3. The van der Waals surface area contributed by atoms with Gasteiger partial charge in [-0.05, 0) is 41.8 Å². The van der Waals surface area contributed by atoms with Crippen molar-refractivity contribution >= 4 is 39.8 Å². The second-order valence-electron chi connectivity index (χ2n) is 12.6. The highest BCUT2D eigenvalue weighted by Crippen LogP contribution is 2.41. The SMILES string of the molecule is Cc1nnc(NC(=O)NC2N=C(c3ccccc3F)c3ccccc3N(Cc3cn(C(c4ccccc4)(c4ccccc4)c4ccccc4)cn3)C2=O)s1. The number of hydrogen-bond donors (Lipinski definition) is 2. The Labute approximate surface area is 314 Å². The number of imidazole rings is 1. The zero-order valence-corrected chi connectivity index (χ0v) is 29.8. The number of para-hydroxylation sites is 1. The molecule has 0 spiro atoms. The number of fused-ring (bicyclic) bond motifs is 1. The molecule has 0 radical (unpaired) electrons. The Bertz CT molecular complexity index is 2370. The monoisotopic (exact) mass is 732 g/mol. The minimum absolute atomic E-state index is 0.0206. The maximum absolute atomic E-state index is 15.5. The molecule has 266 valence electrons. The molecule has 1 atom stereocenters. The number of nitrogens with one attached hydrogen (secondary N) is 2. The third kappa shape index (κ3) is 6.43. The van der Waals surface area contributed by atoms with Crippen LogP contribution < -0.4 is 15.5 Å². The predicted octanol–water partition coefficient (Wildman–Crippen LogP) is 7.55. The van der Waals surface area contributed by atoms with Crippen molar-refractivity contribution in [2.45, 2.75) is 25.2 Å². The third-order valence-corrected chi connectivity index (χ3v) is 10.0. The van der Waals surface area contributed by atoms with Gasteiger partial charge < -0.3 is 14.8 Å². The van der Waals surface area contributed by atoms with Gasteiger partial charge in [-0.2, -0.15) is 0 Å². The molecule has 7 aromatic rings. The summed E-state index contributed by atoms with van der Waals surface area (Å²) in [4.78, 5) is 39.1. The van der Waals surface area contributed by atoms with E-state index in [0.29, 0.717) is 22.0 Å². The third-order valence-electron chi connectivity index (χ3n) is 9.27. The van der Waals surface area contributed by atoms with Crippen LogP contribution in [0.3, 0.4) is 0 Å². The topological polar surface area (TPSA) is 117 Å². The first-order valence-electron chi connectivity index (χ1n) is 17.2. The number of nitrogens with zero attached hydrogens (tertiary/aromatic N) is 6. The van der Waals surface area contributed by atoms with Gasteiger partial charge in [0.1, 0.15) is 16.4 Å². The standard InChI is InChI=1S/C42H33FN8O2S/c1-28-48-49-41(54-28)47-40(53)46-38-39(52)51(36-24-14-12-22-34(36)37(45-38)33-21-11-13-23-35(33)43)26-32-25-50(27-44-32)42(29-15-5-2-6-16-29,30-17-7-3-8-18-30)31-19-9-4-10-20-31/h2-25,27,38H,26H2,1H3,(H2,46,47,49,53). The smallest absolute Gasteiger partial charge is 0.319 e. The van der Waals surface area contributed by atoms with Crippen LogP contribution in [0.2, 0.25) is 0 Å². The molecule has 5 aromatic carbocycles. The van der Waals surface area contributed by atoms with E-state index >= 15 is 4.39 Å². The molecule has 3 amide bonds. The number of hydrogen-bond acceptors (Lipinski definition) is 7. The van der Waals surface area contributed by atoms with Crippen LogP contribution in [0.15, 0.2) is 157 Å². The molecule has 1 aliphatic heterocycles. The lowest BCUT2D eigenvalue weighted by Gasteiger charge is -2.37. The summed E-state index contributed by atoms with van der Waals surface area (Å²) in [6.45, 7) is 1.79. The van der Waals surface area contributed by atoms with Crippen molar-refractivity contribution in [3.8, 4) is 0 Å². The number of halogens is 1. The fourth-order valence-corrected chi connectivity index (χ4v) is 7.52. The number of carbonyl (C=O) groups is 2. The molecular weight excluding hydrogens is 700 g/mol. The number of benzodiazepines with no additional fused rings is 1. The quantitative estimate of drug-likeness (QED) is 0.149. The molecule has 0 bridgehead atoms. The first-order valence-corrected chi connectivity index (χ1v) is 18.0. The molecule has 8 rings (SSSR count). The van der Waals surface area contributed by atoms with Gasteiger partial charge in [-0.15, -0.1) is 10.2 Å². The van der Waals surface area contributed by atoms with E-state index in [2.05, 4.69) is 61.8 Å². The number of aromatic nitrogens is 4. The van der Waals surface area contributed by atoms with Crippen LogP contribution in [0.5, 0.6) is 0 Å². The second-order valence-corrected chi connectivity index (χ2v) is 13.8. The van der Waals surface area contributed by atoms with E-state index in [1.54, 1.807) is 55.7 Å². The lowest BCUT2D eigenvalue weighted by molar-refractivity contribution is -0.120. The number of benzene rings is 5. The Morgan fingerprint density at radius 2 is 1.35 bits per heavy atom. The van der Waals surface area contributed by atoms with Crippen molar-refractivity contribution < 1.29 is 14.0 Å². The average molecular weight is 733 g/mol. The number of aliphatic imine (C=N–C) groups is 1. The summed E-state index contributed by atoms with van der Waals surface area (Å²) in [5.41, 5.74) is 4.24. The molecule has 12 heteroatoms. The van der Waals surface area contributed by atoms with E-state index in [4.69, 9.17) is 9.98 Å². The number of urea groups is 1. The van der Waals surface area contributed by atoms with Crippen molar-refractivity contribution in [2.75, 3.05) is 10.2 Å². The Morgan fingerprint density at radius 3 is 1.94 bits per heavy atom. The zero-order chi connectivity index (χ0) is 37.1. The molecule has 0 aliphatic carbocycles. The number of aryl methyl sites for hydroxylation is 1. The normalized spacial score (nSPS) is 14.2. The second kappa shape index (κ2) is 14.7. The van der Waals surface area contributed by atoms with Crippen LogP contribution in [0, 0.1) is 12.7 Å². The number of amides is 3. The van der Waals surface area contributed by atoms with E-state index in [9.17, 15) is 9.59 Å². The molecule has 54 heavy (non-hydrogen) atoms. The van der Waals surface area contributed by atoms with E-state index in [1.165, 1.54) is 22.3 Å². The minimum atomic E-state index is -1.43. The molecule has 10 nitrogen and oxygen atoms in total. The summed E-state index contributed by atoms with van der Waals surface area (Å²) >= 11 is 1.19. The molecule has 1 unspecified atom stereocenters. The largest absolute Gasteiger partial charge is 0.323 e. The maximum Gasteiger partial charge on any atom is 0.323 e. The summed E-state index contributed by atoms with van der Waals surface area (Å²) in [5, 5.41) is 14.1. The predicted molar refractivity (Wildman–Crippen MR) is 207 cm³/mol. The van der Waals surface area contributed by atoms with Crippen LogP contribution in [-0.4, -0.2) is 43.6 Å². The molecule has 0 saturated heterocycles. The summed E-state index contributed by atoms with van der Waals surface area (Å²) in [6.07, 6.45) is 2.30. The van der Waals surface area contributed by atoms with E-state index in [1.807, 2.05) is 60.8 Å². The fourth-order valence-electron chi connectivity index (χ4n) is 6.93. The van der Waals surface area contributed by atoms with Gasteiger partial charge in [0.25, 0.3) is 5.91 Å². The van der Waals surface area contributed by atoms with Crippen molar-refractivity contribution in [3.05, 3.63) is 196 Å². The van der Waals surface area contributed by atoms with Gasteiger partial charge in [0, 0.05) is 17.3 Å². The lowest BCUT2D eigenvalue weighted by Crippen LogP contribution is -2.48. The van der Waals surface area contributed by atoms with Gasteiger partial charge in [0.2, 0.25) is 11.3 Å². The lowest BCUT2D eigenvalue weighted by atomic mass is 9.77. The van der Waals surface area contributed by atoms with Gasteiger partial charge in [-0.25, -0.2) is 19.2 Å². The van der Waals surface area contributed by atoms with E-state index in [-0.39, 0.29) is 23.0 Å².